The highest BCUT2D eigenvalue weighted by Crippen LogP contribution is 2.35. The number of Topliss-reactive ketones (excluding diaryl/α,β-unsaturated/α-hetero) is 1. The van der Waals surface area contributed by atoms with Crippen LogP contribution < -0.4 is 21.7 Å². The van der Waals surface area contributed by atoms with Crippen molar-refractivity contribution in [3.05, 3.63) is 71.3 Å². The molecule has 0 spiro atoms. The highest BCUT2D eigenvalue weighted by atomic mass is 16.5. The van der Waals surface area contributed by atoms with E-state index in [1.165, 1.54) is 4.90 Å². The Bertz CT molecular complexity index is 1620. The molecule has 0 bridgehead atoms. The average molecular weight is 732 g/mol. The van der Waals surface area contributed by atoms with Gasteiger partial charge < -0.3 is 31.3 Å². The Labute approximate surface area is 311 Å². The van der Waals surface area contributed by atoms with Crippen molar-refractivity contribution in [1.82, 2.24) is 20.9 Å². The maximum absolute atomic E-state index is 14.5. The second kappa shape index (κ2) is 19.7. The molecule has 1 saturated carbocycles. The molecule has 4 atom stereocenters. The van der Waals surface area contributed by atoms with Gasteiger partial charge in [0, 0.05) is 13.0 Å². The lowest BCUT2D eigenvalue weighted by molar-refractivity contribution is -0.154. The van der Waals surface area contributed by atoms with Gasteiger partial charge in [-0.05, 0) is 47.8 Å². The normalized spacial score (nSPS) is 17.4. The van der Waals surface area contributed by atoms with Crippen LogP contribution in [0.4, 0.5) is 0 Å². The fourth-order valence-electron chi connectivity index (χ4n) is 7.10. The lowest BCUT2D eigenvalue weighted by Crippen LogP contribution is -2.58. The molecule has 0 saturated heterocycles. The number of amides is 5. The molecule has 1 aliphatic carbocycles. The van der Waals surface area contributed by atoms with E-state index in [1.54, 1.807) is 37.3 Å². The highest BCUT2D eigenvalue weighted by molar-refractivity contribution is 6.38. The fourth-order valence-corrected chi connectivity index (χ4v) is 7.10. The van der Waals surface area contributed by atoms with Crippen molar-refractivity contribution in [2.24, 2.45) is 23.5 Å². The van der Waals surface area contributed by atoms with Crippen molar-refractivity contribution in [3.8, 4) is 0 Å². The van der Waals surface area contributed by atoms with Crippen LogP contribution in [0.3, 0.4) is 0 Å². The number of primary amides is 1. The van der Waals surface area contributed by atoms with Crippen LogP contribution in [0.5, 0.6) is 0 Å². The lowest BCUT2D eigenvalue weighted by Gasteiger charge is -2.40. The van der Waals surface area contributed by atoms with Crippen LogP contribution >= 0.6 is 0 Å². The van der Waals surface area contributed by atoms with Crippen molar-refractivity contribution in [3.63, 3.8) is 0 Å². The SMILES string of the molecule is CCCC(NC(=O)C1Cc2ccccc2CN1C(=O)C(CC(=O)OCC(C)C)C1CCCCC1)C(=O)C(=O)NCC(=O)NC(C(N)=O)c1ccccc1. The quantitative estimate of drug-likeness (QED) is 0.141. The third-order valence-electron chi connectivity index (χ3n) is 9.90. The minimum Gasteiger partial charge on any atom is -0.465 e. The summed E-state index contributed by atoms with van der Waals surface area (Å²) in [6.07, 6.45) is 5.23. The van der Waals surface area contributed by atoms with Gasteiger partial charge in [0.15, 0.2) is 0 Å². The van der Waals surface area contributed by atoms with E-state index in [0.717, 1.165) is 43.2 Å². The molecule has 4 unspecified atom stereocenters. The highest BCUT2D eigenvalue weighted by Gasteiger charge is 2.42. The molecule has 2 aromatic rings. The van der Waals surface area contributed by atoms with Crippen LogP contribution in [0, 0.1) is 17.8 Å². The summed E-state index contributed by atoms with van der Waals surface area (Å²) in [5.41, 5.74) is 7.70. The largest absolute Gasteiger partial charge is 0.465 e. The van der Waals surface area contributed by atoms with E-state index in [2.05, 4.69) is 16.0 Å². The van der Waals surface area contributed by atoms with Crippen LogP contribution in [0.25, 0.3) is 0 Å². The number of benzene rings is 2. The smallest absolute Gasteiger partial charge is 0.306 e. The molecule has 5 amide bonds. The van der Waals surface area contributed by atoms with Crippen LogP contribution in [0.1, 0.15) is 94.9 Å². The Kier molecular flexibility index (Phi) is 15.1. The standard InChI is InChI=1S/C40H53N5O8/c1-4-13-31(36(48)39(51)42-22-33(46)44-35(37(41)49)27-16-9-6-10-17-27)43-38(50)32-20-28-18-11-12-19-29(28)23-45(32)40(52)30(26-14-7-5-8-15-26)21-34(47)53-24-25(2)3/h6,9-12,16-19,25-26,30-32,35H,4-5,7-8,13-15,20-24H2,1-3H3,(H2,41,49)(H,42,51)(H,43,50)(H,44,46). The van der Waals surface area contributed by atoms with Gasteiger partial charge in [-0.15, -0.1) is 0 Å². The van der Waals surface area contributed by atoms with Crippen LogP contribution in [-0.2, 0) is 51.3 Å². The van der Waals surface area contributed by atoms with E-state index in [9.17, 15) is 33.6 Å². The first-order valence-corrected chi connectivity index (χ1v) is 18.7. The molecule has 1 fully saturated rings. The molecular formula is C40H53N5O8. The van der Waals surface area contributed by atoms with Crippen molar-refractivity contribution >= 4 is 41.3 Å². The van der Waals surface area contributed by atoms with Gasteiger partial charge in [-0.3, -0.25) is 33.6 Å². The number of hydrogen-bond acceptors (Lipinski definition) is 8. The number of fused-ring (bicyclic) bond motifs is 1. The molecule has 13 heteroatoms. The molecule has 53 heavy (non-hydrogen) atoms. The third-order valence-corrected chi connectivity index (χ3v) is 9.90. The van der Waals surface area contributed by atoms with Gasteiger partial charge in [0.05, 0.1) is 31.5 Å². The van der Waals surface area contributed by atoms with Crippen LogP contribution in [-0.4, -0.2) is 71.4 Å². The van der Waals surface area contributed by atoms with Crippen molar-refractivity contribution in [2.75, 3.05) is 13.2 Å². The number of carbonyl (C=O) groups is 7. The molecule has 4 rings (SSSR count). The molecule has 286 valence electrons. The van der Waals surface area contributed by atoms with Gasteiger partial charge in [-0.2, -0.15) is 0 Å². The number of rotatable bonds is 17. The summed E-state index contributed by atoms with van der Waals surface area (Å²) in [6.45, 7) is 5.46. The predicted molar refractivity (Wildman–Crippen MR) is 196 cm³/mol. The maximum atomic E-state index is 14.5. The van der Waals surface area contributed by atoms with Gasteiger partial charge in [-0.1, -0.05) is 101 Å². The Morgan fingerprint density at radius 1 is 0.887 bits per heavy atom. The number of ketones is 1. The number of nitrogens with two attached hydrogens (primary N) is 1. The number of esters is 1. The molecule has 13 nitrogen and oxygen atoms in total. The molecule has 0 radical (unpaired) electrons. The van der Waals surface area contributed by atoms with Crippen LogP contribution in [0.15, 0.2) is 54.6 Å². The van der Waals surface area contributed by atoms with E-state index < -0.39 is 66.0 Å². The first-order valence-electron chi connectivity index (χ1n) is 18.7. The van der Waals surface area contributed by atoms with Gasteiger partial charge in [0.1, 0.15) is 12.1 Å². The van der Waals surface area contributed by atoms with Crippen LogP contribution in [0.2, 0.25) is 0 Å². The Morgan fingerprint density at radius 3 is 2.19 bits per heavy atom. The third kappa shape index (κ3) is 11.5. The summed E-state index contributed by atoms with van der Waals surface area (Å²) < 4.78 is 5.50. The second-order valence-electron chi connectivity index (χ2n) is 14.5. The van der Waals surface area contributed by atoms with Gasteiger partial charge in [0.25, 0.3) is 5.91 Å². The summed E-state index contributed by atoms with van der Waals surface area (Å²) in [5, 5.41) is 7.48. The summed E-state index contributed by atoms with van der Waals surface area (Å²) >= 11 is 0. The number of hydrogen-bond donors (Lipinski definition) is 4. The van der Waals surface area contributed by atoms with Gasteiger partial charge >= 0.3 is 5.97 Å². The summed E-state index contributed by atoms with van der Waals surface area (Å²) in [6, 6.07) is 12.5. The molecule has 5 N–H and O–H groups in total. The molecule has 2 aliphatic rings. The molecule has 2 aromatic carbocycles. The van der Waals surface area contributed by atoms with E-state index in [-0.39, 0.29) is 50.2 Å². The monoisotopic (exact) mass is 731 g/mol. The van der Waals surface area contributed by atoms with Crippen molar-refractivity contribution in [1.29, 1.82) is 0 Å². The molecule has 1 heterocycles. The number of nitrogens with zero attached hydrogens (tertiary/aromatic N) is 1. The topological polar surface area (TPSA) is 194 Å². The van der Waals surface area contributed by atoms with Gasteiger partial charge in [-0.25, -0.2) is 0 Å². The van der Waals surface area contributed by atoms with Gasteiger partial charge in [0.2, 0.25) is 29.4 Å². The second-order valence-corrected chi connectivity index (χ2v) is 14.5. The minimum absolute atomic E-state index is 0.0370. The minimum atomic E-state index is -1.23. The summed E-state index contributed by atoms with van der Waals surface area (Å²) in [4.78, 5) is 94.3. The average Bonchev–Trinajstić information content (AvgIpc) is 3.16. The molecule has 0 aromatic heterocycles. The predicted octanol–water partition coefficient (Wildman–Crippen LogP) is 3.04. The first-order chi connectivity index (χ1) is 25.4. The fraction of sp³-hybridized carbons (Fsp3) is 0.525. The number of nitrogens with one attached hydrogen (secondary N) is 3. The Morgan fingerprint density at radius 2 is 1.55 bits per heavy atom. The van der Waals surface area contributed by atoms with Crippen molar-refractivity contribution in [2.45, 2.75) is 103 Å². The van der Waals surface area contributed by atoms with E-state index in [4.69, 9.17) is 10.5 Å². The van der Waals surface area contributed by atoms with Crippen molar-refractivity contribution < 1.29 is 38.3 Å². The molecular weight excluding hydrogens is 678 g/mol. The molecule has 1 aliphatic heterocycles. The summed E-state index contributed by atoms with van der Waals surface area (Å²) in [7, 11) is 0. The maximum Gasteiger partial charge on any atom is 0.306 e. The number of carbonyl (C=O) groups excluding carboxylic acids is 7. The van der Waals surface area contributed by atoms with E-state index in [0.29, 0.717) is 12.0 Å². The van der Waals surface area contributed by atoms with E-state index >= 15 is 0 Å². The van der Waals surface area contributed by atoms with E-state index in [1.807, 2.05) is 38.1 Å². The lowest BCUT2D eigenvalue weighted by atomic mass is 9.77. The number of ether oxygens (including phenoxy) is 1. The zero-order valence-electron chi connectivity index (χ0n) is 30.9. The zero-order chi connectivity index (χ0) is 38.5. The summed E-state index contributed by atoms with van der Waals surface area (Å²) in [5.74, 6) is -5.50. The Balaban J connectivity index is 1.49. The first kappa shape index (κ1) is 40.7. The Hall–Kier alpha value is -5.07. The zero-order valence-corrected chi connectivity index (χ0v) is 30.9.